The molecule has 0 aliphatic carbocycles. The van der Waals surface area contributed by atoms with Crippen LogP contribution in [0.3, 0.4) is 0 Å². The summed E-state index contributed by atoms with van der Waals surface area (Å²) < 4.78 is 37.4. The van der Waals surface area contributed by atoms with Gasteiger partial charge in [-0.3, -0.25) is 4.79 Å². The number of ketones is 1. The Balaban J connectivity index is 0.00000324. The van der Waals surface area contributed by atoms with E-state index in [1.165, 1.54) is 12.1 Å². The summed E-state index contributed by atoms with van der Waals surface area (Å²) in [6, 6.07) is 4.51. The Labute approximate surface area is 116 Å². The van der Waals surface area contributed by atoms with Crippen molar-refractivity contribution in [3.63, 3.8) is 0 Å². The summed E-state index contributed by atoms with van der Waals surface area (Å²) in [5.41, 5.74) is -0.698. The molecule has 0 bridgehead atoms. The number of halogens is 4. The SMILES string of the molecule is CCCCNCC(=O)c1cccc(C(F)(F)F)c1.Cl. The molecular formula is C13H17ClF3NO. The second-order valence-corrected chi connectivity index (χ2v) is 4.03. The van der Waals surface area contributed by atoms with Crippen LogP contribution in [-0.4, -0.2) is 18.9 Å². The molecule has 6 heteroatoms. The van der Waals surface area contributed by atoms with Crippen LogP contribution in [-0.2, 0) is 6.18 Å². The third-order valence-corrected chi connectivity index (χ3v) is 2.50. The van der Waals surface area contributed by atoms with Gasteiger partial charge in [-0.05, 0) is 25.1 Å². The molecule has 0 heterocycles. The van der Waals surface area contributed by atoms with E-state index in [1.807, 2.05) is 6.92 Å². The van der Waals surface area contributed by atoms with Crippen molar-refractivity contribution >= 4 is 18.2 Å². The predicted octanol–water partition coefficient (Wildman–Crippen LogP) is 3.70. The zero-order chi connectivity index (χ0) is 13.6. The largest absolute Gasteiger partial charge is 0.416 e. The van der Waals surface area contributed by atoms with Crippen LogP contribution < -0.4 is 5.32 Å². The molecule has 0 radical (unpaired) electrons. The molecule has 0 amide bonds. The quantitative estimate of drug-likeness (QED) is 0.640. The summed E-state index contributed by atoms with van der Waals surface area (Å²) in [5.74, 6) is -0.322. The van der Waals surface area contributed by atoms with Crippen LogP contribution in [0.4, 0.5) is 13.2 Å². The summed E-state index contributed by atoms with van der Waals surface area (Å²) in [4.78, 5) is 11.7. The smallest absolute Gasteiger partial charge is 0.310 e. The first-order valence-electron chi connectivity index (χ1n) is 5.86. The van der Waals surface area contributed by atoms with Gasteiger partial charge in [0.1, 0.15) is 0 Å². The standard InChI is InChI=1S/C13H16F3NO.ClH/c1-2-3-7-17-9-12(18)10-5-4-6-11(8-10)13(14,15)16;/h4-6,8,17H,2-3,7,9H2,1H3;1H. The molecule has 0 atom stereocenters. The third kappa shape index (κ3) is 6.07. The number of unbranched alkanes of at least 4 members (excludes halogenated alkanes) is 1. The number of carbonyl (C=O) groups is 1. The average molecular weight is 296 g/mol. The Morgan fingerprint density at radius 3 is 2.58 bits per heavy atom. The lowest BCUT2D eigenvalue weighted by Gasteiger charge is -2.08. The van der Waals surface area contributed by atoms with Gasteiger partial charge in [-0.15, -0.1) is 12.4 Å². The van der Waals surface area contributed by atoms with Gasteiger partial charge in [0.05, 0.1) is 12.1 Å². The minimum atomic E-state index is -4.41. The summed E-state index contributed by atoms with van der Waals surface area (Å²) in [6.45, 7) is 2.79. The molecule has 1 aromatic rings. The van der Waals surface area contributed by atoms with E-state index in [2.05, 4.69) is 5.32 Å². The van der Waals surface area contributed by atoms with Crippen LogP contribution in [0.5, 0.6) is 0 Å². The van der Waals surface area contributed by atoms with Crippen molar-refractivity contribution in [3.8, 4) is 0 Å². The Bertz CT molecular complexity index is 407. The molecule has 0 aromatic heterocycles. The molecule has 2 nitrogen and oxygen atoms in total. The zero-order valence-electron chi connectivity index (χ0n) is 10.6. The molecule has 0 unspecified atom stereocenters. The predicted molar refractivity (Wildman–Crippen MR) is 70.8 cm³/mol. The van der Waals surface area contributed by atoms with E-state index in [1.54, 1.807) is 0 Å². The van der Waals surface area contributed by atoms with Crippen LogP contribution in [0.25, 0.3) is 0 Å². The second-order valence-electron chi connectivity index (χ2n) is 4.03. The number of benzene rings is 1. The zero-order valence-corrected chi connectivity index (χ0v) is 11.4. The monoisotopic (exact) mass is 295 g/mol. The minimum absolute atomic E-state index is 0. The third-order valence-electron chi connectivity index (χ3n) is 2.50. The van der Waals surface area contributed by atoms with Gasteiger partial charge in [0.25, 0.3) is 0 Å². The highest BCUT2D eigenvalue weighted by Crippen LogP contribution is 2.29. The van der Waals surface area contributed by atoms with Gasteiger partial charge in [0.15, 0.2) is 5.78 Å². The fraction of sp³-hybridized carbons (Fsp3) is 0.462. The van der Waals surface area contributed by atoms with Crippen LogP contribution in [0.15, 0.2) is 24.3 Å². The molecule has 0 spiro atoms. The van der Waals surface area contributed by atoms with Crippen molar-refractivity contribution in [2.45, 2.75) is 25.9 Å². The number of hydrogen-bond acceptors (Lipinski definition) is 2. The van der Waals surface area contributed by atoms with Crippen LogP contribution in [0.2, 0.25) is 0 Å². The highest BCUT2D eigenvalue weighted by molar-refractivity contribution is 5.97. The van der Waals surface area contributed by atoms with Gasteiger partial charge in [-0.25, -0.2) is 0 Å². The maximum atomic E-state index is 12.5. The molecule has 108 valence electrons. The number of Topliss-reactive ketones (excluding diaryl/α,β-unsaturated/α-hetero) is 1. The Hall–Kier alpha value is -1.07. The molecule has 0 fully saturated rings. The molecule has 0 saturated carbocycles. The van der Waals surface area contributed by atoms with E-state index in [-0.39, 0.29) is 30.3 Å². The van der Waals surface area contributed by atoms with E-state index in [0.717, 1.165) is 25.0 Å². The molecule has 0 saturated heterocycles. The summed E-state index contributed by atoms with van der Waals surface area (Å²) in [6.07, 6.45) is -2.47. The van der Waals surface area contributed by atoms with Gasteiger partial charge < -0.3 is 5.32 Å². The van der Waals surface area contributed by atoms with Crippen molar-refractivity contribution in [2.75, 3.05) is 13.1 Å². The van der Waals surface area contributed by atoms with E-state index in [9.17, 15) is 18.0 Å². The first-order valence-corrected chi connectivity index (χ1v) is 5.86. The first kappa shape index (κ1) is 17.9. The second kappa shape index (κ2) is 8.17. The minimum Gasteiger partial charge on any atom is -0.310 e. The fourth-order valence-corrected chi connectivity index (χ4v) is 1.47. The van der Waals surface area contributed by atoms with E-state index in [0.29, 0.717) is 6.54 Å². The van der Waals surface area contributed by atoms with E-state index in [4.69, 9.17) is 0 Å². The highest BCUT2D eigenvalue weighted by atomic mass is 35.5. The number of carbonyl (C=O) groups excluding carboxylic acids is 1. The Morgan fingerprint density at radius 2 is 2.00 bits per heavy atom. The summed E-state index contributed by atoms with van der Waals surface area (Å²) in [7, 11) is 0. The number of hydrogen-bond donors (Lipinski definition) is 1. The number of rotatable bonds is 6. The van der Waals surface area contributed by atoms with Crippen LogP contribution in [0.1, 0.15) is 35.7 Å². The average Bonchev–Trinajstić information content (AvgIpc) is 2.33. The fourth-order valence-electron chi connectivity index (χ4n) is 1.47. The lowest BCUT2D eigenvalue weighted by molar-refractivity contribution is -0.137. The molecule has 1 aromatic carbocycles. The van der Waals surface area contributed by atoms with Gasteiger partial charge in [-0.1, -0.05) is 25.5 Å². The van der Waals surface area contributed by atoms with Crippen LogP contribution >= 0.6 is 12.4 Å². The van der Waals surface area contributed by atoms with Crippen molar-refractivity contribution in [3.05, 3.63) is 35.4 Å². The Morgan fingerprint density at radius 1 is 1.32 bits per heavy atom. The van der Waals surface area contributed by atoms with Gasteiger partial charge >= 0.3 is 6.18 Å². The Kier molecular flexibility index (Phi) is 7.71. The molecule has 0 aliphatic heterocycles. The van der Waals surface area contributed by atoms with Crippen LogP contribution in [0, 0.1) is 0 Å². The van der Waals surface area contributed by atoms with E-state index < -0.39 is 11.7 Å². The normalized spacial score (nSPS) is 10.9. The lowest BCUT2D eigenvalue weighted by Crippen LogP contribution is -2.24. The van der Waals surface area contributed by atoms with Gasteiger partial charge in [0, 0.05) is 5.56 Å². The van der Waals surface area contributed by atoms with Crippen molar-refractivity contribution in [1.82, 2.24) is 5.32 Å². The van der Waals surface area contributed by atoms with Crippen molar-refractivity contribution < 1.29 is 18.0 Å². The summed E-state index contributed by atoms with van der Waals surface area (Å²) >= 11 is 0. The van der Waals surface area contributed by atoms with Crippen molar-refractivity contribution in [2.24, 2.45) is 0 Å². The highest BCUT2D eigenvalue weighted by Gasteiger charge is 2.30. The van der Waals surface area contributed by atoms with Crippen molar-refractivity contribution in [1.29, 1.82) is 0 Å². The molecule has 0 aliphatic rings. The topological polar surface area (TPSA) is 29.1 Å². The number of alkyl halides is 3. The van der Waals surface area contributed by atoms with Gasteiger partial charge in [-0.2, -0.15) is 13.2 Å². The molecular weight excluding hydrogens is 279 g/mol. The van der Waals surface area contributed by atoms with Gasteiger partial charge in [0.2, 0.25) is 0 Å². The summed E-state index contributed by atoms with van der Waals surface area (Å²) in [5, 5.41) is 2.91. The lowest BCUT2D eigenvalue weighted by atomic mass is 10.1. The van der Waals surface area contributed by atoms with E-state index >= 15 is 0 Å². The maximum Gasteiger partial charge on any atom is 0.416 e. The molecule has 19 heavy (non-hydrogen) atoms. The molecule has 1 N–H and O–H groups in total. The number of nitrogens with one attached hydrogen (secondary N) is 1. The maximum absolute atomic E-state index is 12.5. The molecule has 1 rings (SSSR count). The first-order chi connectivity index (χ1) is 8.45.